The lowest BCUT2D eigenvalue weighted by atomic mass is 9.98. The average molecular weight is 290 g/mol. The molecule has 0 fully saturated rings. The molecule has 0 unspecified atom stereocenters. The second kappa shape index (κ2) is 6.34. The third-order valence-electron chi connectivity index (χ3n) is 3.14. The molecule has 1 aromatic carbocycles. The largest absolute Gasteiger partial charge is 0.492 e. The summed E-state index contributed by atoms with van der Waals surface area (Å²) in [7, 11) is 0. The van der Waals surface area contributed by atoms with Crippen LogP contribution in [0.2, 0.25) is 0 Å². The summed E-state index contributed by atoms with van der Waals surface area (Å²) in [5.41, 5.74) is 2.49. The number of ether oxygens (including phenoxy) is 1. The first-order valence-corrected chi connectivity index (χ1v) is 6.74. The fourth-order valence-corrected chi connectivity index (χ4v) is 2.12. The van der Waals surface area contributed by atoms with Crippen LogP contribution in [0.1, 0.15) is 30.9 Å². The zero-order chi connectivity index (χ0) is 15.4. The van der Waals surface area contributed by atoms with Gasteiger partial charge in [0.15, 0.2) is 0 Å². The first-order chi connectivity index (χ1) is 9.97. The molecule has 1 heterocycles. The fourth-order valence-electron chi connectivity index (χ4n) is 2.12. The summed E-state index contributed by atoms with van der Waals surface area (Å²) >= 11 is 0. The summed E-state index contributed by atoms with van der Waals surface area (Å²) in [4.78, 5) is 13.4. The second-order valence-corrected chi connectivity index (χ2v) is 5.09. The summed E-state index contributed by atoms with van der Waals surface area (Å²) < 4.78 is 7.03. The van der Waals surface area contributed by atoms with Crippen molar-refractivity contribution < 1.29 is 9.66 Å². The molecule has 0 bridgehead atoms. The van der Waals surface area contributed by atoms with Crippen LogP contribution in [0.5, 0.6) is 5.75 Å². The Balaban J connectivity index is 1.91. The van der Waals surface area contributed by atoms with E-state index in [1.807, 2.05) is 12.1 Å². The van der Waals surface area contributed by atoms with Crippen molar-refractivity contribution in [3.05, 3.63) is 45.8 Å². The smallest absolute Gasteiger partial charge is 0.490 e. The van der Waals surface area contributed by atoms with Crippen molar-refractivity contribution in [2.75, 3.05) is 6.61 Å². The molecule has 0 aliphatic rings. The van der Waals surface area contributed by atoms with Crippen LogP contribution in [0.15, 0.2) is 24.5 Å². The molecule has 7 nitrogen and oxygen atoms in total. The highest BCUT2D eigenvalue weighted by Crippen LogP contribution is 2.23. The number of nitrogens with zero attached hydrogens (tertiary/aromatic N) is 4. The van der Waals surface area contributed by atoms with Crippen molar-refractivity contribution in [3.63, 3.8) is 0 Å². The third-order valence-corrected chi connectivity index (χ3v) is 3.14. The van der Waals surface area contributed by atoms with Crippen LogP contribution in [0.3, 0.4) is 0 Å². The molecule has 7 heteroatoms. The summed E-state index contributed by atoms with van der Waals surface area (Å²) in [6.45, 7) is 7.15. The van der Waals surface area contributed by atoms with Gasteiger partial charge in [0.1, 0.15) is 12.4 Å². The van der Waals surface area contributed by atoms with Gasteiger partial charge in [0.2, 0.25) is 6.33 Å². The van der Waals surface area contributed by atoms with Gasteiger partial charge in [-0.25, -0.2) is 0 Å². The van der Waals surface area contributed by atoms with Crippen LogP contribution in [-0.2, 0) is 6.54 Å². The van der Waals surface area contributed by atoms with Gasteiger partial charge in [0.05, 0.1) is 6.54 Å². The van der Waals surface area contributed by atoms with Gasteiger partial charge in [-0.05, 0) is 41.0 Å². The van der Waals surface area contributed by atoms with Crippen molar-refractivity contribution in [1.29, 1.82) is 0 Å². The van der Waals surface area contributed by atoms with Gasteiger partial charge >= 0.3 is 5.95 Å². The Morgan fingerprint density at radius 3 is 2.76 bits per heavy atom. The minimum absolute atomic E-state index is 0.376. The van der Waals surface area contributed by atoms with E-state index in [1.165, 1.54) is 22.1 Å². The normalized spacial score (nSPS) is 10.9. The maximum Gasteiger partial charge on any atom is 0.490 e. The number of rotatable bonds is 6. The van der Waals surface area contributed by atoms with Gasteiger partial charge in [-0.3, -0.25) is 0 Å². The quantitative estimate of drug-likeness (QED) is 0.603. The standard InChI is InChI=1S/C14H18N4O3/c1-10(2)13-5-4-12(8-11(13)3)21-7-6-17-9-15-14(16-17)18(19)20/h4-5,8-10H,6-7H2,1-3H3. The van der Waals surface area contributed by atoms with Crippen molar-refractivity contribution in [1.82, 2.24) is 14.8 Å². The molecule has 0 spiro atoms. The molecular weight excluding hydrogens is 272 g/mol. The van der Waals surface area contributed by atoms with Gasteiger partial charge in [0, 0.05) is 5.10 Å². The lowest BCUT2D eigenvalue weighted by molar-refractivity contribution is -0.394. The predicted molar refractivity (Wildman–Crippen MR) is 77.4 cm³/mol. The minimum atomic E-state index is -0.620. The molecule has 0 radical (unpaired) electrons. The number of hydrogen-bond acceptors (Lipinski definition) is 5. The maximum atomic E-state index is 10.5. The SMILES string of the molecule is Cc1cc(OCCn2cnc([N+](=O)[O-])n2)ccc1C(C)C. The molecule has 0 aliphatic heterocycles. The Hall–Kier alpha value is -2.44. The van der Waals surface area contributed by atoms with E-state index in [0.717, 1.165) is 5.75 Å². The molecule has 112 valence electrons. The number of aryl methyl sites for hydroxylation is 1. The van der Waals surface area contributed by atoms with Gasteiger partial charge in [0.25, 0.3) is 0 Å². The molecule has 0 amide bonds. The highest BCUT2D eigenvalue weighted by atomic mass is 16.6. The first-order valence-electron chi connectivity index (χ1n) is 6.74. The number of benzene rings is 1. The van der Waals surface area contributed by atoms with E-state index in [0.29, 0.717) is 19.1 Å². The lowest BCUT2D eigenvalue weighted by Crippen LogP contribution is -2.09. The Morgan fingerprint density at radius 2 is 2.19 bits per heavy atom. The number of aromatic nitrogens is 3. The van der Waals surface area contributed by atoms with Crippen LogP contribution in [0, 0.1) is 17.0 Å². The van der Waals surface area contributed by atoms with Crippen molar-refractivity contribution in [3.8, 4) is 5.75 Å². The summed E-state index contributed by atoms with van der Waals surface area (Å²) in [6.07, 6.45) is 1.33. The molecule has 0 N–H and O–H groups in total. The molecular formula is C14H18N4O3. The van der Waals surface area contributed by atoms with E-state index < -0.39 is 10.9 Å². The lowest BCUT2D eigenvalue weighted by Gasteiger charge is -2.12. The maximum absolute atomic E-state index is 10.5. The first kappa shape index (κ1) is 15.0. The van der Waals surface area contributed by atoms with E-state index in [4.69, 9.17) is 4.74 Å². The van der Waals surface area contributed by atoms with Crippen LogP contribution < -0.4 is 4.74 Å². The van der Waals surface area contributed by atoms with Gasteiger partial charge in [-0.1, -0.05) is 24.9 Å². The van der Waals surface area contributed by atoms with Crippen LogP contribution in [0.4, 0.5) is 5.95 Å². The summed E-state index contributed by atoms with van der Waals surface area (Å²) in [5, 5.41) is 14.2. The van der Waals surface area contributed by atoms with E-state index in [2.05, 4.69) is 36.9 Å². The van der Waals surface area contributed by atoms with Crippen molar-refractivity contribution in [2.45, 2.75) is 33.2 Å². The molecule has 2 aromatic rings. The van der Waals surface area contributed by atoms with E-state index in [1.54, 1.807) is 0 Å². The molecule has 2 rings (SSSR count). The Bertz CT molecular complexity index is 637. The monoisotopic (exact) mass is 290 g/mol. The fraction of sp³-hybridized carbons (Fsp3) is 0.429. The predicted octanol–water partition coefficient (Wildman–Crippen LogP) is 2.70. The average Bonchev–Trinajstić information content (AvgIpc) is 2.87. The number of hydrogen-bond donors (Lipinski definition) is 0. The molecule has 0 aliphatic carbocycles. The van der Waals surface area contributed by atoms with E-state index in [-0.39, 0.29) is 0 Å². The Labute approximate surface area is 122 Å². The van der Waals surface area contributed by atoms with E-state index >= 15 is 0 Å². The summed E-state index contributed by atoms with van der Waals surface area (Å²) in [6, 6.07) is 6.00. The van der Waals surface area contributed by atoms with Crippen LogP contribution in [0.25, 0.3) is 0 Å². The van der Waals surface area contributed by atoms with Crippen LogP contribution >= 0.6 is 0 Å². The molecule has 0 saturated carbocycles. The molecule has 0 atom stereocenters. The number of nitro groups is 1. The Kier molecular flexibility index (Phi) is 4.52. The van der Waals surface area contributed by atoms with Crippen molar-refractivity contribution >= 4 is 5.95 Å². The highest BCUT2D eigenvalue weighted by molar-refractivity contribution is 5.36. The highest BCUT2D eigenvalue weighted by Gasteiger charge is 2.12. The molecule has 0 saturated heterocycles. The minimum Gasteiger partial charge on any atom is -0.492 e. The molecule has 21 heavy (non-hydrogen) atoms. The van der Waals surface area contributed by atoms with Gasteiger partial charge < -0.3 is 14.9 Å². The molecule has 1 aromatic heterocycles. The van der Waals surface area contributed by atoms with Crippen molar-refractivity contribution in [2.24, 2.45) is 0 Å². The second-order valence-electron chi connectivity index (χ2n) is 5.09. The third kappa shape index (κ3) is 3.77. The Morgan fingerprint density at radius 1 is 1.43 bits per heavy atom. The zero-order valence-electron chi connectivity index (χ0n) is 12.3. The van der Waals surface area contributed by atoms with E-state index in [9.17, 15) is 10.1 Å². The summed E-state index contributed by atoms with van der Waals surface area (Å²) in [5.74, 6) is 0.869. The van der Waals surface area contributed by atoms with Gasteiger partial charge in [-0.15, -0.1) is 0 Å². The van der Waals surface area contributed by atoms with Crippen LogP contribution in [-0.4, -0.2) is 26.3 Å². The topological polar surface area (TPSA) is 83.1 Å². The van der Waals surface area contributed by atoms with Gasteiger partial charge in [-0.2, -0.15) is 4.68 Å². The zero-order valence-corrected chi connectivity index (χ0v) is 12.3.